The van der Waals surface area contributed by atoms with Crippen LogP contribution in [0.25, 0.3) is 0 Å². The molecule has 0 aromatic carbocycles. The zero-order valence-corrected chi connectivity index (χ0v) is 13.2. The van der Waals surface area contributed by atoms with Crippen molar-refractivity contribution in [2.24, 2.45) is 5.41 Å². The van der Waals surface area contributed by atoms with E-state index in [-0.39, 0.29) is 5.41 Å². The van der Waals surface area contributed by atoms with Gasteiger partial charge in [-0.1, -0.05) is 40.0 Å². The highest BCUT2D eigenvalue weighted by Gasteiger charge is 2.34. The number of hydrogen-bond donors (Lipinski definition) is 0. The van der Waals surface area contributed by atoms with Crippen LogP contribution in [-0.4, -0.2) is 15.6 Å². The molecule has 1 aliphatic rings. The van der Waals surface area contributed by atoms with Crippen LogP contribution >= 0.6 is 0 Å². The molecule has 3 heteroatoms. The Morgan fingerprint density at radius 3 is 2.55 bits per heavy atom. The van der Waals surface area contributed by atoms with Gasteiger partial charge in [-0.3, -0.25) is 9.48 Å². The van der Waals surface area contributed by atoms with Gasteiger partial charge in [-0.05, 0) is 31.7 Å². The summed E-state index contributed by atoms with van der Waals surface area (Å²) < 4.78 is 2.03. The van der Waals surface area contributed by atoms with Crippen molar-refractivity contribution in [2.45, 2.75) is 78.2 Å². The summed E-state index contributed by atoms with van der Waals surface area (Å²) in [6, 6.07) is 2.48. The summed E-state index contributed by atoms with van der Waals surface area (Å²) in [6.07, 6.45) is 10.5. The maximum Gasteiger partial charge on any atom is 0.144 e. The smallest absolute Gasteiger partial charge is 0.144 e. The fourth-order valence-corrected chi connectivity index (χ4v) is 3.33. The Morgan fingerprint density at radius 2 is 1.95 bits per heavy atom. The van der Waals surface area contributed by atoms with Crippen LogP contribution in [0.1, 0.15) is 77.5 Å². The topological polar surface area (TPSA) is 34.9 Å². The molecule has 1 heterocycles. The third-order valence-electron chi connectivity index (χ3n) is 4.95. The molecule has 0 spiro atoms. The zero-order chi connectivity index (χ0) is 14.6. The third kappa shape index (κ3) is 3.31. The predicted molar refractivity (Wildman–Crippen MR) is 81.7 cm³/mol. The first-order valence-corrected chi connectivity index (χ1v) is 8.16. The third-order valence-corrected chi connectivity index (χ3v) is 4.95. The number of ketones is 1. The fourth-order valence-electron chi connectivity index (χ4n) is 3.33. The molecule has 0 amide bonds. The lowest BCUT2D eigenvalue weighted by molar-refractivity contribution is -0.128. The first kappa shape index (κ1) is 15.3. The molecule has 0 aliphatic heterocycles. The van der Waals surface area contributed by atoms with Crippen LogP contribution in [0.5, 0.6) is 0 Å². The second-order valence-electron chi connectivity index (χ2n) is 6.48. The van der Waals surface area contributed by atoms with Gasteiger partial charge in [-0.15, -0.1) is 0 Å². The van der Waals surface area contributed by atoms with Crippen LogP contribution in [0, 0.1) is 5.41 Å². The maximum absolute atomic E-state index is 12.6. The van der Waals surface area contributed by atoms with Crippen molar-refractivity contribution >= 4 is 5.78 Å². The monoisotopic (exact) mass is 276 g/mol. The molecule has 0 atom stereocenters. The minimum absolute atomic E-state index is 0.100. The first-order chi connectivity index (χ1) is 9.59. The lowest BCUT2D eigenvalue weighted by Crippen LogP contribution is -2.31. The van der Waals surface area contributed by atoms with Crippen molar-refractivity contribution < 1.29 is 4.79 Å². The summed E-state index contributed by atoms with van der Waals surface area (Å²) in [5.74, 6) is 0.381. The van der Waals surface area contributed by atoms with E-state index in [1.54, 1.807) is 0 Å². The van der Waals surface area contributed by atoms with Crippen molar-refractivity contribution in [2.75, 3.05) is 0 Å². The number of carbonyl (C=O) groups is 1. The molecular formula is C17H28N2O. The van der Waals surface area contributed by atoms with E-state index >= 15 is 0 Å². The van der Waals surface area contributed by atoms with Gasteiger partial charge in [0.25, 0.3) is 0 Å². The Kier molecular flexibility index (Phi) is 5.00. The highest BCUT2D eigenvalue weighted by atomic mass is 16.1. The van der Waals surface area contributed by atoms with E-state index in [0.717, 1.165) is 31.4 Å². The Bertz CT molecular complexity index is 440. The summed E-state index contributed by atoms with van der Waals surface area (Å²) in [4.78, 5) is 12.6. The lowest BCUT2D eigenvalue weighted by atomic mass is 9.72. The predicted octanol–water partition coefficient (Wildman–Crippen LogP) is 4.33. The van der Waals surface area contributed by atoms with Gasteiger partial charge in [0, 0.05) is 11.6 Å². The van der Waals surface area contributed by atoms with E-state index < -0.39 is 0 Å². The molecule has 1 aliphatic carbocycles. The minimum atomic E-state index is -0.100. The summed E-state index contributed by atoms with van der Waals surface area (Å²) in [5, 5.41) is 4.61. The van der Waals surface area contributed by atoms with E-state index in [9.17, 15) is 4.79 Å². The van der Waals surface area contributed by atoms with Gasteiger partial charge >= 0.3 is 0 Å². The summed E-state index contributed by atoms with van der Waals surface area (Å²) in [7, 11) is 0. The van der Waals surface area contributed by atoms with Crippen molar-refractivity contribution in [1.82, 2.24) is 9.78 Å². The molecule has 0 saturated heterocycles. The van der Waals surface area contributed by atoms with Crippen molar-refractivity contribution in [3.05, 3.63) is 18.0 Å². The Hall–Kier alpha value is -1.12. The Morgan fingerprint density at radius 1 is 1.30 bits per heavy atom. The minimum Gasteiger partial charge on any atom is -0.299 e. The highest BCUT2D eigenvalue weighted by Crippen LogP contribution is 2.37. The number of nitrogens with zero attached hydrogens (tertiary/aromatic N) is 2. The summed E-state index contributed by atoms with van der Waals surface area (Å²) >= 11 is 0. The molecule has 0 unspecified atom stereocenters. The van der Waals surface area contributed by atoms with Crippen LogP contribution < -0.4 is 0 Å². The summed E-state index contributed by atoms with van der Waals surface area (Å²) in [5.41, 5.74) is 0.838. The van der Waals surface area contributed by atoms with Crippen LogP contribution in [0.3, 0.4) is 0 Å². The van der Waals surface area contributed by atoms with Gasteiger partial charge in [0.2, 0.25) is 0 Å². The van der Waals surface area contributed by atoms with Gasteiger partial charge in [-0.2, -0.15) is 5.10 Å². The zero-order valence-electron chi connectivity index (χ0n) is 13.2. The molecule has 112 valence electrons. The molecule has 0 bridgehead atoms. The average molecular weight is 276 g/mol. The van der Waals surface area contributed by atoms with Crippen molar-refractivity contribution in [3.63, 3.8) is 0 Å². The number of Topliss-reactive ketones (excluding diaryl/α,β-unsaturated/α-hetero) is 1. The fraction of sp³-hybridized carbons (Fsp3) is 0.765. The van der Waals surface area contributed by atoms with Crippen molar-refractivity contribution in [1.29, 1.82) is 0 Å². The van der Waals surface area contributed by atoms with Crippen LogP contribution in [0.4, 0.5) is 0 Å². The number of carbonyl (C=O) groups excluding carboxylic acids is 1. The second-order valence-corrected chi connectivity index (χ2v) is 6.48. The van der Waals surface area contributed by atoms with E-state index in [0.29, 0.717) is 18.2 Å². The van der Waals surface area contributed by atoms with E-state index in [1.165, 1.54) is 19.3 Å². The van der Waals surface area contributed by atoms with Crippen molar-refractivity contribution in [3.8, 4) is 0 Å². The Balaban J connectivity index is 2.01. The molecule has 0 N–H and O–H groups in total. The van der Waals surface area contributed by atoms with Gasteiger partial charge in [0.1, 0.15) is 5.78 Å². The standard InChI is InChI=1S/C17H28N2O/c1-4-15(5-2)19-12-9-14(18-19)13-16(20)17(3)10-7-6-8-11-17/h9,12,15H,4-8,10-11,13H2,1-3H3. The quantitative estimate of drug-likeness (QED) is 0.775. The van der Waals surface area contributed by atoms with Gasteiger partial charge in [0.05, 0.1) is 18.2 Å². The molecule has 20 heavy (non-hydrogen) atoms. The molecule has 1 saturated carbocycles. The SMILES string of the molecule is CCC(CC)n1ccc(CC(=O)C2(C)CCCCC2)n1. The van der Waals surface area contributed by atoms with Crippen LogP contribution in [-0.2, 0) is 11.2 Å². The molecule has 2 rings (SSSR count). The second kappa shape index (κ2) is 6.55. The largest absolute Gasteiger partial charge is 0.299 e. The number of aromatic nitrogens is 2. The molecule has 1 aromatic heterocycles. The van der Waals surface area contributed by atoms with E-state index in [4.69, 9.17) is 0 Å². The van der Waals surface area contributed by atoms with Crippen LogP contribution in [0.15, 0.2) is 12.3 Å². The molecular weight excluding hydrogens is 248 g/mol. The number of rotatable bonds is 6. The molecule has 0 radical (unpaired) electrons. The highest BCUT2D eigenvalue weighted by molar-refractivity contribution is 5.86. The molecule has 1 aromatic rings. The number of hydrogen-bond acceptors (Lipinski definition) is 2. The molecule has 1 fully saturated rings. The average Bonchev–Trinajstić information content (AvgIpc) is 2.89. The normalized spacial score (nSPS) is 18.4. The van der Waals surface area contributed by atoms with Gasteiger partial charge < -0.3 is 0 Å². The Labute approximate surface area is 122 Å². The lowest BCUT2D eigenvalue weighted by Gasteiger charge is -2.31. The van der Waals surface area contributed by atoms with E-state index in [1.807, 2.05) is 16.9 Å². The van der Waals surface area contributed by atoms with Gasteiger partial charge in [0.15, 0.2) is 0 Å². The van der Waals surface area contributed by atoms with Gasteiger partial charge in [-0.25, -0.2) is 0 Å². The van der Waals surface area contributed by atoms with Crippen LogP contribution in [0.2, 0.25) is 0 Å². The first-order valence-electron chi connectivity index (χ1n) is 8.16. The maximum atomic E-state index is 12.6. The molecule has 3 nitrogen and oxygen atoms in total. The summed E-state index contributed by atoms with van der Waals surface area (Å²) in [6.45, 7) is 6.51. The van der Waals surface area contributed by atoms with E-state index in [2.05, 4.69) is 25.9 Å².